The Morgan fingerprint density at radius 3 is 1.72 bits per heavy atom. The van der Waals surface area contributed by atoms with E-state index in [9.17, 15) is 4.79 Å². The standard InChI is InChI=1S/C12H24O5Si/c1-6-14-12(13)10-11(5)18(15-7-2,16-8-3)17-9-4/h10H,6-9H2,1-5H3/b11-10+. The minimum atomic E-state index is -2.93. The summed E-state index contributed by atoms with van der Waals surface area (Å²) in [6, 6.07) is 0. The molecule has 0 aliphatic carbocycles. The molecule has 0 spiro atoms. The molecule has 0 aliphatic heterocycles. The Bertz CT molecular complexity index is 261. The lowest BCUT2D eigenvalue weighted by Gasteiger charge is -2.28. The highest BCUT2D eigenvalue weighted by Crippen LogP contribution is 2.20. The maximum Gasteiger partial charge on any atom is 0.532 e. The number of hydrogen-bond donors (Lipinski definition) is 0. The predicted molar refractivity (Wildman–Crippen MR) is 71.0 cm³/mol. The molecular formula is C12H24O5Si. The van der Waals surface area contributed by atoms with Crippen LogP contribution in [0.2, 0.25) is 0 Å². The fourth-order valence-electron chi connectivity index (χ4n) is 1.49. The van der Waals surface area contributed by atoms with Gasteiger partial charge in [0.15, 0.2) is 0 Å². The van der Waals surface area contributed by atoms with Crippen LogP contribution < -0.4 is 0 Å². The fraction of sp³-hybridized carbons (Fsp3) is 0.750. The minimum Gasteiger partial charge on any atom is -0.463 e. The summed E-state index contributed by atoms with van der Waals surface area (Å²) in [5.74, 6) is -0.397. The minimum absolute atomic E-state index is 0.342. The van der Waals surface area contributed by atoms with Gasteiger partial charge in [0.2, 0.25) is 0 Å². The van der Waals surface area contributed by atoms with Gasteiger partial charge < -0.3 is 18.0 Å². The monoisotopic (exact) mass is 276 g/mol. The second kappa shape index (κ2) is 9.27. The number of carbonyl (C=O) groups excluding carboxylic acids is 1. The second-order valence-corrected chi connectivity index (χ2v) is 6.20. The summed E-state index contributed by atoms with van der Waals surface area (Å²) in [6.07, 6.45) is 1.40. The van der Waals surface area contributed by atoms with Crippen LogP contribution in [0.1, 0.15) is 34.6 Å². The molecule has 0 saturated heterocycles. The Balaban J connectivity index is 5.06. The fourth-order valence-corrected chi connectivity index (χ4v) is 3.85. The third kappa shape index (κ3) is 5.30. The first kappa shape index (κ1) is 17.3. The van der Waals surface area contributed by atoms with Crippen molar-refractivity contribution in [3.05, 3.63) is 11.3 Å². The molecule has 0 fully saturated rings. The molecule has 0 amide bonds. The van der Waals surface area contributed by atoms with E-state index in [0.717, 1.165) is 0 Å². The van der Waals surface area contributed by atoms with Crippen molar-refractivity contribution < 1.29 is 22.8 Å². The van der Waals surface area contributed by atoms with Crippen LogP contribution in [0.5, 0.6) is 0 Å². The lowest BCUT2D eigenvalue weighted by Crippen LogP contribution is -2.48. The van der Waals surface area contributed by atoms with E-state index in [1.807, 2.05) is 20.8 Å². The summed E-state index contributed by atoms with van der Waals surface area (Å²) in [6.45, 7) is 10.9. The van der Waals surface area contributed by atoms with Crippen LogP contribution in [0.4, 0.5) is 0 Å². The van der Waals surface area contributed by atoms with Crippen LogP contribution >= 0.6 is 0 Å². The van der Waals surface area contributed by atoms with Gasteiger partial charge in [-0.25, -0.2) is 4.79 Å². The van der Waals surface area contributed by atoms with Gasteiger partial charge in [-0.3, -0.25) is 0 Å². The highest BCUT2D eigenvalue weighted by molar-refractivity contribution is 6.69. The summed E-state index contributed by atoms with van der Waals surface area (Å²) >= 11 is 0. The quantitative estimate of drug-likeness (QED) is 0.367. The normalized spacial score (nSPS) is 12.6. The molecule has 5 nitrogen and oxygen atoms in total. The van der Waals surface area contributed by atoms with E-state index in [1.165, 1.54) is 6.08 Å². The van der Waals surface area contributed by atoms with Crippen LogP contribution in [0.3, 0.4) is 0 Å². The van der Waals surface area contributed by atoms with E-state index < -0.39 is 14.8 Å². The molecule has 0 bridgehead atoms. The van der Waals surface area contributed by atoms with Gasteiger partial charge in [0.1, 0.15) is 0 Å². The lowest BCUT2D eigenvalue weighted by molar-refractivity contribution is -0.137. The summed E-state index contributed by atoms with van der Waals surface area (Å²) in [5.41, 5.74) is 0. The molecule has 6 heteroatoms. The molecule has 0 aromatic rings. The average Bonchev–Trinajstić information content (AvgIpc) is 2.30. The zero-order chi connectivity index (χ0) is 14.0. The predicted octanol–water partition coefficient (Wildman–Crippen LogP) is 2.08. The first-order valence-electron chi connectivity index (χ1n) is 6.33. The van der Waals surface area contributed by atoms with E-state index in [2.05, 4.69) is 0 Å². The Kier molecular flexibility index (Phi) is 8.91. The van der Waals surface area contributed by atoms with E-state index in [4.69, 9.17) is 18.0 Å². The largest absolute Gasteiger partial charge is 0.532 e. The molecule has 0 unspecified atom stereocenters. The van der Waals surface area contributed by atoms with Crippen LogP contribution in [-0.4, -0.2) is 41.2 Å². The Labute approximate surface area is 110 Å². The maximum absolute atomic E-state index is 11.5. The number of ether oxygens (including phenoxy) is 1. The second-order valence-electron chi connectivity index (χ2n) is 3.43. The Morgan fingerprint density at radius 1 is 0.944 bits per heavy atom. The topological polar surface area (TPSA) is 54.0 Å². The Hall–Kier alpha value is -0.693. The molecule has 0 aromatic carbocycles. The SMILES string of the molecule is CCOC(=O)/C=C(\C)[Si](OCC)(OCC)OCC. The molecule has 0 rings (SSSR count). The van der Waals surface area contributed by atoms with Crippen molar-refractivity contribution in [3.63, 3.8) is 0 Å². The lowest BCUT2D eigenvalue weighted by atomic mass is 10.5. The van der Waals surface area contributed by atoms with Crippen molar-refractivity contribution in [2.24, 2.45) is 0 Å². The number of allylic oxidation sites excluding steroid dienone is 1. The third-order valence-corrected chi connectivity index (χ3v) is 5.22. The molecular weight excluding hydrogens is 252 g/mol. The van der Waals surface area contributed by atoms with Gasteiger partial charge in [-0.1, -0.05) is 0 Å². The van der Waals surface area contributed by atoms with Crippen LogP contribution in [-0.2, 0) is 22.8 Å². The van der Waals surface area contributed by atoms with E-state index in [1.54, 1.807) is 13.8 Å². The van der Waals surface area contributed by atoms with Gasteiger partial charge in [0.25, 0.3) is 0 Å². The zero-order valence-electron chi connectivity index (χ0n) is 11.9. The molecule has 18 heavy (non-hydrogen) atoms. The van der Waals surface area contributed by atoms with Gasteiger partial charge in [-0.2, -0.15) is 0 Å². The summed E-state index contributed by atoms with van der Waals surface area (Å²) in [5, 5.41) is 0.673. The van der Waals surface area contributed by atoms with Crippen molar-refractivity contribution >= 4 is 14.8 Å². The third-order valence-electron chi connectivity index (χ3n) is 2.11. The van der Waals surface area contributed by atoms with Crippen LogP contribution in [0.15, 0.2) is 11.3 Å². The van der Waals surface area contributed by atoms with Gasteiger partial charge in [0, 0.05) is 31.1 Å². The number of rotatable bonds is 9. The van der Waals surface area contributed by atoms with Crippen LogP contribution in [0, 0.1) is 0 Å². The van der Waals surface area contributed by atoms with Crippen molar-refractivity contribution in [2.45, 2.75) is 34.6 Å². The molecule has 0 aromatic heterocycles. The molecule has 0 saturated carbocycles. The number of esters is 1. The summed E-state index contributed by atoms with van der Waals surface area (Å²) in [4.78, 5) is 11.5. The van der Waals surface area contributed by atoms with Crippen molar-refractivity contribution in [3.8, 4) is 0 Å². The Morgan fingerprint density at radius 2 is 1.39 bits per heavy atom. The van der Waals surface area contributed by atoms with Crippen molar-refractivity contribution in [2.75, 3.05) is 26.4 Å². The summed E-state index contributed by atoms with van der Waals surface area (Å²) in [7, 11) is -2.93. The first-order chi connectivity index (χ1) is 8.56. The molecule has 0 aliphatic rings. The average molecular weight is 276 g/mol. The number of carbonyl (C=O) groups is 1. The molecule has 0 radical (unpaired) electrons. The maximum atomic E-state index is 11.5. The van der Waals surface area contributed by atoms with E-state index in [0.29, 0.717) is 31.6 Å². The number of hydrogen-bond acceptors (Lipinski definition) is 5. The van der Waals surface area contributed by atoms with Gasteiger partial charge in [-0.05, 0) is 34.6 Å². The van der Waals surface area contributed by atoms with E-state index >= 15 is 0 Å². The highest BCUT2D eigenvalue weighted by atomic mass is 28.4. The zero-order valence-corrected chi connectivity index (χ0v) is 12.9. The molecule has 0 heterocycles. The smallest absolute Gasteiger partial charge is 0.463 e. The highest BCUT2D eigenvalue weighted by Gasteiger charge is 2.43. The van der Waals surface area contributed by atoms with E-state index in [-0.39, 0.29) is 0 Å². The van der Waals surface area contributed by atoms with Gasteiger partial charge >= 0.3 is 14.8 Å². The summed E-state index contributed by atoms with van der Waals surface area (Å²) < 4.78 is 21.9. The van der Waals surface area contributed by atoms with Crippen LogP contribution in [0.25, 0.3) is 0 Å². The van der Waals surface area contributed by atoms with Crippen molar-refractivity contribution in [1.82, 2.24) is 0 Å². The van der Waals surface area contributed by atoms with Crippen molar-refractivity contribution in [1.29, 1.82) is 0 Å². The van der Waals surface area contributed by atoms with Gasteiger partial charge in [-0.15, -0.1) is 0 Å². The molecule has 0 atom stereocenters. The molecule has 106 valence electrons. The van der Waals surface area contributed by atoms with Gasteiger partial charge in [0.05, 0.1) is 6.61 Å². The first-order valence-corrected chi connectivity index (χ1v) is 8.06. The molecule has 0 N–H and O–H groups in total.